The molecule has 2 saturated carbocycles. The molecule has 0 radical (unpaired) electrons. The smallest absolute Gasteiger partial charge is 0.230 e. The molecule has 0 aliphatic heterocycles. The molecule has 126 valence electrons. The molecule has 2 N–H and O–H groups in total. The summed E-state index contributed by atoms with van der Waals surface area (Å²) in [5, 5.41) is 11.5. The molecular formula is C17H19ClN4OS. The number of benzene rings is 1. The lowest BCUT2D eigenvalue weighted by Crippen LogP contribution is -2.39. The molecule has 0 unspecified atom stereocenters. The lowest BCUT2D eigenvalue weighted by Gasteiger charge is -2.22. The Morgan fingerprint density at radius 3 is 2.83 bits per heavy atom. The first-order valence-electron chi connectivity index (χ1n) is 8.28. The predicted molar refractivity (Wildman–Crippen MR) is 94.9 cm³/mol. The fourth-order valence-corrected chi connectivity index (χ4v) is 4.58. The van der Waals surface area contributed by atoms with Gasteiger partial charge in [0, 0.05) is 16.6 Å². The molecule has 0 spiro atoms. The second-order valence-electron chi connectivity index (χ2n) is 6.61. The molecular weight excluding hydrogens is 344 g/mol. The molecule has 2 aliphatic carbocycles. The van der Waals surface area contributed by atoms with Gasteiger partial charge < -0.3 is 5.32 Å². The molecule has 4 rings (SSSR count). The van der Waals surface area contributed by atoms with Crippen LogP contribution in [0.3, 0.4) is 0 Å². The number of halogens is 1. The van der Waals surface area contributed by atoms with Crippen molar-refractivity contribution < 1.29 is 4.79 Å². The molecule has 2 bridgehead atoms. The molecule has 1 heterocycles. The van der Waals surface area contributed by atoms with Crippen molar-refractivity contribution in [2.75, 3.05) is 5.75 Å². The van der Waals surface area contributed by atoms with Crippen LogP contribution >= 0.6 is 23.4 Å². The third-order valence-electron chi connectivity index (χ3n) is 5.00. The van der Waals surface area contributed by atoms with E-state index in [0.29, 0.717) is 33.7 Å². The van der Waals surface area contributed by atoms with Crippen LogP contribution in [0.4, 0.5) is 0 Å². The summed E-state index contributed by atoms with van der Waals surface area (Å²) in [4.78, 5) is 16.6. The largest absolute Gasteiger partial charge is 0.352 e. The quantitative estimate of drug-likeness (QED) is 0.798. The lowest BCUT2D eigenvalue weighted by molar-refractivity contribution is -0.119. The highest BCUT2D eigenvalue weighted by Crippen LogP contribution is 2.44. The van der Waals surface area contributed by atoms with Crippen molar-refractivity contribution >= 4 is 29.3 Å². The third-order valence-corrected chi connectivity index (χ3v) is 6.10. The van der Waals surface area contributed by atoms with Gasteiger partial charge in [0.15, 0.2) is 5.82 Å². The highest BCUT2D eigenvalue weighted by Gasteiger charge is 2.39. The van der Waals surface area contributed by atoms with E-state index in [9.17, 15) is 4.79 Å². The minimum absolute atomic E-state index is 0.0791. The number of fused-ring (bicyclic) bond motifs is 2. The van der Waals surface area contributed by atoms with Crippen molar-refractivity contribution in [3.05, 3.63) is 29.3 Å². The predicted octanol–water partition coefficient (Wildman–Crippen LogP) is 3.52. The van der Waals surface area contributed by atoms with Crippen LogP contribution in [0.1, 0.15) is 25.7 Å². The SMILES string of the molecule is O=C(CSc1n[nH]c(-c2ccc(Cl)cc2)n1)N[C@H]1C[C@H]2CC[C@@H]1C2. The monoisotopic (exact) mass is 362 g/mol. The average Bonchev–Trinajstić information content (AvgIpc) is 3.30. The summed E-state index contributed by atoms with van der Waals surface area (Å²) < 4.78 is 0. The van der Waals surface area contributed by atoms with Crippen molar-refractivity contribution in [2.24, 2.45) is 11.8 Å². The number of amides is 1. The van der Waals surface area contributed by atoms with E-state index in [1.165, 1.54) is 31.0 Å². The fourth-order valence-electron chi connectivity index (χ4n) is 3.85. The zero-order chi connectivity index (χ0) is 16.5. The molecule has 2 aliphatic rings. The Hall–Kier alpha value is -1.53. The van der Waals surface area contributed by atoms with E-state index in [0.717, 1.165) is 17.9 Å². The molecule has 7 heteroatoms. The number of hydrogen-bond acceptors (Lipinski definition) is 4. The highest BCUT2D eigenvalue weighted by molar-refractivity contribution is 7.99. The van der Waals surface area contributed by atoms with Crippen molar-refractivity contribution in [3.63, 3.8) is 0 Å². The number of H-pyrrole nitrogens is 1. The van der Waals surface area contributed by atoms with E-state index < -0.39 is 0 Å². The van der Waals surface area contributed by atoms with Gasteiger partial charge in [0.2, 0.25) is 11.1 Å². The van der Waals surface area contributed by atoms with Crippen LogP contribution < -0.4 is 5.32 Å². The molecule has 1 amide bonds. The van der Waals surface area contributed by atoms with Crippen LogP contribution in [0.25, 0.3) is 11.4 Å². The number of nitrogens with zero attached hydrogens (tertiary/aromatic N) is 2. The van der Waals surface area contributed by atoms with Gasteiger partial charge in [0.25, 0.3) is 0 Å². The minimum Gasteiger partial charge on any atom is -0.352 e. The first-order chi connectivity index (χ1) is 11.7. The van der Waals surface area contributed by atoms with Crippen LogP contribution in [-0.2, 0) is 4.79 Å². The van der Waals surface area contributed by atoms with Crippen molar-refractivity contribution in [3.8, 4) is 11.4 Å². The zero-order valence-electron chi connectivity index (χ0n) is 13.2. The first kappa shape index (κ1) is 16.0. The summed E-state index contributed by atoms with van der Waals surface area (Å²) in [6, 6.07) is 7.79. The maximum Gasteiger partial charge on any atom is 0.230 e. The van der Waals surface area contributed by atoms with Gasteiger partial charge in [-0.05, 0) is 55.4 Å². The standard InChI is InChI=1S/C17H19ClN4OS/c18-13-5-3-11(4-6-13)16-20-17(22-21-16)24-9-15(23)19-14-8-10-1-2-12(14)7-10/h3-6,10,12,14H,1-2,7-9H2,(H,19,23)(H,20,21,22)/t10-,12+,14-/m0/s1. The molecule has 24 heavy (non-hydrogen) atoms. The second-order valence-corrected chi connectivity index (χ2v) is 7.99. The second kappa shape index (κ2) is 6.76. The fraction of sp³-hybridized carbons (Fsp3) is 0.471. The maximum atomic E-state index is 12.2. The Kier molecular flexibility index (Phi) is 4.50. The van der Waals surface area contributed by atoms with Crippen molar-refractivity contribution in [1.29, 1.82) is 0 Å². The Balaban J connectivity index is 1.30. The van der Waals surface area contributed by atoms with Crippen LogP contribution in [0, 0.1) is 11.8 Å². The highest BCUT2D eigenvalue weighted by atomic mass is 35.5. The number of thioether (sulfide) groups is 1. The maximum absolute atomic E-state index is 12.2. The number of rotatable bonds is 5. The molecule has 5 nitrogen and oxygen atoms in total. The van der Waals surface area contributed by atoms with Gasteiger partial charge in [-0.25, -0.2) is 4.98 Å². The van der Waals surface area contributed by atoms with E-state index in [4.69, 9.17) is 11.6 Å². The molecule has 1 aromatic carbocycles. The van der Waals surface area contributed by atoms with E-state index in [2.05, 4.69) is 20.5 Å². The molecule has 0 saturated heterocycles. The van der Waals surface area contributed by atoms with Crippen LogP contribution in [0.5, 0.6) is 0 Å². The Labute approximate surface area is 150 Å². The molecule has 2 fully saturated rings. The number of hydrogen-bond donors (Lipinski definition) is 2. The Morgan fingerprint density at radius 2 is 2.12 bits per heavy atom. The van der Waals surface area contributed by atoms with Crippen molar-refractivity contribution in [1.82, 2.24) is 20.5 Å². The number of aromatic nitrogens is 3. The number of carbonyl (C=O) groups excluding carboxylic acids is 1. The first-order valence-corrected chi connectivity index (χ1v) is 9.64. The van der Waals surface area contributed by atoms with Gasteiger partial charge in [-0.15, -0.1) is 5.10 Å². The van der Waals surface area contributed by atoms with Gasteiger partial charge >= 0.3 is 0 Å². The Morgan fingerprint density at radius 1 is 1.29 bits per heavy atom. The molecule has 2 aromatic rings. The summed E-state index contributed by atoms with van der Waals surface area (Å²) in [5.74, 6) is 2.65. The lowest BCUT2D eigenvalue weighted by atomic mass is 9.95. The molecule has 1 aromatic heterocycles. The average molecular weight is 363 g/mol. The van der Waals surface area contributed by atoms with Gasteiger partial charge in [-0.3, -0.25) is 9.89 Å². The minimum atomic E-state index is 0.0791. The van der Waals surface area contributed by atoms with Gasteiger partial charge in [0.1, 0.15) is 0 Å². The summed E-state index contributed by atoms with van der Waals surface area (Å²) in [6.45, 7) is 0. The van der Waals surface area contributed by atoms with Gasteiger partial charge in [0.05, 0.1) is 5.75 Å². The summed E-state index contributed by atoms with van der Waals surface area (Å²) >= 11 is 7.25. The van der Waals surface area contributed by atoms with E-state index in [1.54, 1.807) is 0 Å². The van der Waals surface area contributed by atoms with Gasteiger partial charge in [-0.2, -0.15) is 0 Å². The third kappa shape index (κ3) is 3.44. The van der Waals surface area contributed by atoms with E-state index >= 15 is 0 Å². The summed E-state index contributed by atoms with van der Waals surface area (Å²) in [5.41, 5.74) is 0.921. The topological polar surface area (TPSA) is 70.7 Å². The number of nitrogens with one attached hydrogen (secondary N) is 2. The normalized spacial score (nSPS) is 25.1. The zero-order valence-corrected chi connectivity index (χ0v) is 14.7. The van der Waals surface area contributed by atoms with Crippen LogP contribution in [0.15, 0.2) is 29.4 Å². The summed E-state index contributed by atoms with van der Waals surface area (Å²) in [7, 11) is 0. The van der Waals surface area contributed by atoms with E-state index in [1.807, 2.05) is 24.3 Å². The van der Waals surface area contributed by atoms with Crippen LogP contribution in [0.2, 0.25) is 5.02 Å². The van der Waals surface area contributed by atoms with Gasteiger partial charge in [-0.1, -0.05) is 29.8 Å². The number of aromatic amines is 1. The molecule has 3 atom stereocenters. The van der Waals surface area contributed by atoms with Crippen LogP contribution in [-0.4, -0.2) is 32.9 Å². The number of carbonyl (C=O) groups is 1. The Bertz CT molecular complexity index is 732. The van der Waals surface area contributed by atoms with E-state index in [-0.39, 0.29) is 5.91 Å². The van der Waals surface area contributed by atoms with Crippen molar-refractivity contribution in [2.45, 2.75) is 36.9 Å². The summed E-state index contributed by atoms with van der Waals surface area (Å²) in [6.07, 6.45) is 5.07.